The van der Waals surface area contributed by atoms with Gasteiger partial charge in [-0.2, -0.15) is 0 Å². The van der Waals surface area contributed by atoms with Gasteiger partial charge in [0.15, 0.2) is 5.75 Å². The van der Waals surface area contributed by atoms with E-state index in [4.69, 9.17) is 25.1 Å². The molecule has 0 bridgehead atoms. The van der Waals surface area contributed by atoms with E-state index in [1.165, 1.54) is 19.2 Å². The molecule has 31 heavy (non-hydrogen) atoms. The maximum Gasteiger partial charge on any atom is 0.303 e. The summed E-state index contributed by atoms with van der Waals surface area (Å²) in [6.45, 7) is 0.403. The Kier molecular flexibility index (Phi) is 11.6. The fourth-order valence-corrected chi connectivity index (χ4v) is 2.59. The van der Waals surface area contributed by atoms with Crippen LogP contribution in [0.4, 0.5) is 5.69 Å². The molecule has 2 amide bonds. The summed E-state index contributed by atoms with van der Waals surface area (Å²) >= 11 is 0. The predicted molar refractivity (Wildman–Crippen MR) is 109 cm³/mol. The van der Waals surface area contributed by atoms with Crippen LogP contribution in [-0.2, 0) is 23.9 Å². The zero-order valence-electron chi connectivity index (χ0n) is 17.3. The Morgan fingerprint density at radius 2 is 1.68 bits per heavy atom. The monoisotopic (exact) mass is 440 g/mol. The Bertz CT molecular complexity index is 780. The third kappa shape index (κ3) is 9.92. The third-order valence-corrected chi connectivity index (χ3v) is 4.08. The van der Waals surface area contributed by atoms with Crippen LogP contribution in [0.5, 0.6) is 11.5 Å². The van der Waals surface area contributed by atoms with Crippen molar-refractivity contribution in [3.05, 3.63) is 17.7 Å². The minimum absolute atomic E-state index is 0.000881. The molecular weight excluding hydrogens is 412 g/mol. The lowest BCUT2D eigenvalue weighted by Gasteiger charge is -2.13. The number of ether oxygens (including phenoxy) is 3. The van der Waals surface area contributed by atoms with Crippen molar-refractivity contribution in [1.29, 1.82) is 0 Å². The van der Waals surface area contributed by atoms with Crippen LogP contribution in [0.2, 0.25) is 0 Å². The molecule has 0 heterocycles. The molecule has 11 heteroatoms. The number of amides is 2. The van der Waals surface area contributed by atoms with Gasteiger partial charge in [-0.1, -0.05) is 0 Å². The Balaban J connectivity index is 2.21. The highest BCUT2D eigenvalue weighted by Gasteiger charge is 2.19. The van der Waals surface area contributed by atoms with Gasteiger partial charge in [-0.15, -0.1) is 0 Å². The molecule has 5 N–H and O–H groups in total. The third-order valence-electron chi connectivity index (χ3n) is 4.08. The van der Waals surface area contributed by atoms with Crippen LogP contribution in [0.3, 0.4) is 0 Å². The van der Waals surface area contributed by atoms with E-state index in [9.17, 15) is 24.3 Å². The molecule has 0 aliphatic heterocycles. The fraction of sp³-hybridized carbons (Fsp3) is 0.500. The van der Waals surface area contributed by atoms with Gasteiger partial charge in [-0.05, 0) is 25.0 Å². The summed E-state index contributed by atoms with van der Waals surface area (Å²) in [6.07, 6.45) is 1.41. The van der Waals surface area contributed by atoms with Crippen molar-refractivity contribution in [2.75, 3.05) is 38.9 Å². The number of benzene rings is 1. The van der Waals surface area contributed by atoms with Gasteiger partial charge in [0.2, 0.25) is 5.91 Å². The average molecular weight is 440 g/mol. The van der Waals surface area contributed by atoms with E-state index >= 15 is 0 Å². The summed E-state index contributed by atoms with van der Waals surface area (Å²) in [5.41, 5.74) is 4.97. The van der Waals surface area contributed by atoms with Crippen LogP contribution in [0.1, 0.15) is 42.5 Å². The quantitative estimate of drug-likeness (QED) is 0.216. The van der Waals surface area contributed by atoms with Crippen LogP contribution in [0.25, 0.3) is 0 Å². The first-order valence-electron chi connectivity index (χ1n) is 9.64. The van der Waals surface area contributed by atoms with Gasteiger partial charge < -0.3 is 35.5 Å². The number of nitrogens with one attached hydrogen (secondary N) is 1. The SMILES string of the molecule is COc1ccc(NC(=O)COCCOCCCC(=O)CCCC(=O)O)c(O)c1C(N)=O. The van der Waals surface area contributed by atoms with Gasteiger partial charge in [0.25, 0.3) is 5.91 Å². The summed E-state index contributed by atoms with van der Waals surface area (Å²) in [5, 5.41) is 21.0. The van der Waals surface area contributed by atoms with Crippen molar-refractivity contribution in [1.82, 2.24) is 0 Å². The topological polar surface area (TPSA) is 174 Å². The molecule has 0 aliphatic rings. The predicted octanol–water partition coefficient (Wildman–Crippen LogP) is 1.08. The minimum atomic E-state index is -0.916. The second kappa shape index (κ2) is 13.9. The summed E-state index contributed by atoms with van der Waals surface area (Å²) in [4.78, 5) is 45.3. The van der Waals surface area contributed by atoms with E-state index < -0.39 is 23.5 Å². The maximum atomic E-state index is 11.9. The van der Waals surface area contributed by atoms with Crippen LogP contribution in [0.15, 0.2) is 12.1 Å². The van der Waals surface area contributed by atoms with E-state index in [1.54, 1.807) is 0 Å². The average Bonchev–Trinajstić information content (AvgIpc) is 2.70. The molecule has 0 saturated heterocycles. The first kappa shape index (κ1) is 25.9. The van der Waals surface area contributed by atoms with E-state index in [0.29, 0.717) is 25.9 Å². The number of methoxy groups -OCH3 is 1. The highest BCUT2D eigenvalue weighted by molar-refractivity contribution is 6.02. The number of ketones is 1. The highest BCUT2D eigenvalue weighted by Crippen LogP contribution is 2.34. The number of carbonyl (C=O) groups is 4. The fourth-order valence-electron chi connectivity index (χ4n) is 2.59. The van der Waals surface area contributed by atoms with Gasteiger partial charge in [-0.25, -0.2) is 0 Å². The van der Waals surface area contributed by atoms with Crippen molar-refractivity contribution in [3.8, 4) is 11.5 Å². The first-order chi connectivity index (χ1) is 14.8. The highest BCUT2D eigenvalue weighted by atomic mass is 16.5. The zero-order valence-corrected chi connectivity index (χ0v) is 17.3. The normalized spacial score (nSPS) is 10.5. The standard InChI is InChI=1S/C20H28N2O9/c1-29-15-8-7-14(19(27)18(15)20(21)28)22-16(24)12-31-11-10-30-9-3-5-13(23)4-2-6-17(25)26/h7-8,27H,2-6,9-12H2,1H3,(H2,21,28)(H,22,24)(H,25,26). The van der Waals surface area contributed by atoms with Crippen molar-refractivity contribution in [2.45, 2.75) is 32.1 Å². The molecule has 0 aromatic heterocycles. The molecule has 1 rings (SSSR count). The molecule has 0 fully saturated rings. The number of phenols is 1. The lowest BCUT2D eigenvalue weighted by molar-refractivity contribution is -0.137. The number of aromatic hydroxyl groups is 1. The van der Waals surface area contributed by atoms with Gasteiger partial charge in [0.05, 0.1) is 26.0 Å². The van der Waals surface area contributed by atoms with Crippen LogP contribution in [-0.4, -0.2) is 67.3 Å². The molecule has 0 unspecified atom stereocenters. The van der Waals surface area contributed by atoms with E-state index in [2.05, 4.69) is 5.32 Å². The van der Waals surface area contributed by atoms with Crippen molar-refractivity contribution >= 4 is 29.3 Å². The number of primary amides is 1. The van der Waals surface area contributed by atoms with Gasteiger partial charge >= 0.3 is 5.97 Å². The smallest absolute Gasteiger partial charge is 0.303 e. The summed E-state index contributed by atoms with van der Waals surface area (Å²) < 4.78 is 15.4. The first-order valence-corrected chi connectivity index (χ1v) is 9.64. The van der Waals surface area contributed by atoms with Gasteiger partial charge in [0.1, 0.15) is 23.7 Å². The lowest BCUT2D eigenvalue weighted by atomic mass is 10.1. The number of anilines is 1. The molecule has 1 aromatic rings. The number of aliphatic carboxylic acids is 1. The second-order valence-corrected chi connectivity index (χ2v) is 6.51. The Morgan fingerprint density at radius 1 is 1.00 bits per heavy atom. The second-order valence-electron chi connectivity index (χ2n) is 6.51. The maximum absolute atomic E-state index is 11.9. The number of hydrogen-bond donors (Lipinski definition) is 4. The summed E-state index contributed by atoms with van der Waals surface area (Å²) in [6, 6.07) is 2.76. The molecule has 0 aliphatic carbocycles. The Labute approximate surface area is 179 Å². The van der Waals surface area contributed by atoms with Crippen LogP contribution >= 0.6 is 0 Å². The molecule has 1 aromatic carbocycles. The number of carboxylic acids is 1. The van der Waals surface area contributed by atoms with Crippen molar-refractivity contribution in [3.63, 3.8) is 0 Å². The molecule has 0 atom stereocenters. The minimum Gasteiger partial charge on any atom is -0.505 e. The molecule has 0 radical (unpaired) electrons. The summed E-state index contributed by atoms with van der Waals surface area (Å²) in [7, 11) is 1.32. The number of carbonyl (C=O) groups excluding carboxylic acids is 3. The van der Waals surface area contributed by atoms with E-state index in [1.807, 2.05) is 0 Å². The number of Topliss-reactive ketones (excluding diaryl/α,β-unsaturated/α-hetero) is 1. The number of rotatable bonds is 16. The van der Waals surface area contributed by atoms with E-state index in [-0.39, 0.29) is 55.4 Å². The summed E-state index contributed by atoms with van der Waals surface area (Å²) in [5.74, 6) is -2.79. The molecule has 11 nitrogen and oxygen atoms in total. The lowest BCUT2D eigenvalue weighted by Crippen LogP contribution is -2.21. The largest absolute Gasteiger partial charge is 0.505 e. The number of nitrogens with two attached hydrogens (primary N) is 1. The van der Waals surface area contributed by atoms with Crippen LogP contribution in [0, 0.1) is 0 Å². The molecule has 0 saturated carbocycles. The van der Waals surface area contributed by atoms with Crippen molar-refractivity contribution in [2.24, 2.45) is 5.73 Å². The Morgan fingerprint density at radius 3 is 2.32 bits per heavy atom. The molecule has 172 valence electrons. The Hall–Kier alpha value is -3.18. The number of carboxylic acid groups (broad SMARTS) is 1. The van der Waals surface area contributed by atoms with Gasteiger partial charge in [0, 0.05) is 25.9 Å². The number of hydrogen-bond acceptors (Lipinski definition) is 8. The molecular formula is C20H28N2O9. The van der Waals surface area contributed by atoms with Crippen LogP contribution < -0.4 is 15.8 Å². The zero-order chi connectivity index (χ0) is 23.2. The van der Waals surface area contributed by atoms with Crippen molar-refractivity contribution < 1.29 is 43.6 Å². The van der Waals surface area contributed by atoms with Gasteiger partial charge in [-0.3, -0.25) is 19.2 Å². The van der Waals surface area contributed by atoms with E-state index in [0.717, 1.165) is 0 Å². The molecule has 0 spiro atoms.